The van der Waals surface area contributed by atoms with Crippen molar-refractivity contribution >= 4 is 11.4 Å². The first-order valence-electron chi connectivity index (χ1n) is 5.84. The lowest BCUT2D eigenvalue weighted by Gasteiger charge is -2.26. The van der Waals surface area contributed by atoms with E-state index in [0.717, 1.165) is 17.8 Å². The number of anilines is 2. The van der Waals surface area contributed by atoms with Crippen LogP contribution in [0.2, 0.25) is 0 Å². The topological polar surface area (TPSA) is 73.8 Å². The van der Waals surface area contributed by atoms with Gasteiger partial charge in [0.25, 0.3) is 0 Å². The summed E-state index contributed by atoms with van der Waals surface area (Å²) in [5.74, 6) is 0. The number of rotatable bonds is 2. The Balaban J connectivity index is 1.86. The Kier molecular flexibility index (Phi) is 2.66. The maximum atomic E-state index is 9.70. The van der Waals surface area contributed by atoms with Crippen LogP contribution in [0, 0.1) is 0 Å². The fourth-order valence-electron chi connectivity index (χ4n) is 2.51. The number of aliphatic hydroxyl groups excluding tert-OH is 2. The zero-order chi connectivity index (χ0) is 11.8. The van der Waals surface area contributed by atoms with Gasteiger partial charge in [-0.15, -0.1) is 0 Å². The third kappa shape index (κ3) is 1.86. The van der Waals surface area contributed by atoms with Crippen LogP contribution in [0.25, 0.3) is 0 Å². The lowest BCUT2D eigenvalue weighted by atomic mass is 10.1. The second-order valence-corrected chi connectivity index (χ2v) is 4.52. The summed E-state index contributed by atoms with van der Waals surface area (Å²) in [6, 6.07) is 7.94. The number of fused-ring (bicyclic) bond motifs is 3. The van der Waals surface area contributed by atoms with Crippen molar-refractivity contribution in [3.63, 3.8) is 0 Å². The van der Waals surface area contributed by atoms with Gasteiger partial charge in [-0.05, 0) is 12.1 Å². The maximum absolute atomic E-state index is 9.70. The van der Waals surface area contributed by atoms with Crippen LogP contribution in [-0.4, -0.2) is 41.3 Å². The highest BCUT2D eigenvalue weighted by atomic mass is 16.5. The Hall–Kier alpha value is -1.30. The van der Waals surface area contributed by atoms with E-state index in [1.807, 2.05) is 24.3 Å². The van der Waals surface area contributed by atoms with Crippen LogP contribution in [0.1, 0.15) is 6.42 Å². The van der Waals surface area contributed by atoms with E-state index in [2.05, 4.69) is 10.6 Å². The number of aliphatic hydroxyl groups is 2. The minimum Gasteiger partial charge on any atom is -0.394 e. The molecule has 2 bridgehead atoms. The quantitative estimate of drug-likeness (QED) is 0.596. The number of benzene rings is 1. The molecule has 5 heteroatoms. The first-order valence-corrected chi connectivity index (χ1v) is 5.84. The Morgan fingerprint density at radius 1 is 1.29 bits per heavy atom. The van der Waals surface area contributed by atoms with Gasteiger partial charge in [-0.25, -0.2) is 0 Å². The summed E-state index contributed by atoms with van der Waals surface area (Å²) in [5.41, 5.74) is 2.02. The molecule has 1 fully saturated rings. The highest BCUT2D eigenvalue weighted by Gasteiger charge is 2.41. The standard InChI is InChI=1S/C12H16N2O3/c15-6-10(16)12-9-5-11(17-12)14-8-4-2-1-3-7(8)13-9/h1-4,9-16H,5-6H2/t9-,10?,11+,12+/m1/s1. The Bertz CT molecular complexity index is 412. The summed E-state index contributed by atoms with van der Waals surface area (Å²) in [5, 5.41) is 25.3. The Labute approximate surface area is 99.4 Å². The van der Waals surface area contributed by atoms with Gasteiger partial charge in [0.1, 0.15) is 18.4 Å². The molecule has 0 aliphatic carbocycles. The molecule has 3 rings (SSSR count). The number of hydrogen-bond acceptors (Lipinski definition) is 5. The van der Waals surface area contributed by atoms with Gasteiger partial charge in [0, 0.05) is 6.42 Å². The van der Waals surface area contributed by atoms with Crippen molar-refractivity contribution < 1.29 is 14.9 Å². The molecule has 0 radical (unpaired) electrons. The van der Waals surface area contributed by atoms with Crippen LogP contribution >= 0.6 is 0 Å². The van der Waals surface area contributed by atoms with Gasteiger partial charge in [0.15, 0.2) is 0 Å². The molecule has 2 heterocycles. The average Bonchev–Trinajstić information content (AvgIpc) is 2.62. The van der Waals surface area contributed by atoms with Crippen LogP contribution in [0.3, 0.4) is 0 Å². The summed E-state index contributed by atoms with van der Waals surface area (Å²) in [4.78, 5) is 0. The van der Waals surface area contributed by atoms with E-state index in [1.54, 1.807) is 0 Å². The second-order valence-electron chi connectivity index (χ2n) is 4.52. The first-order chi connectivity index (χ1) is 8.28. The lowest BCUT2D eigenvalue weighted by molar-refractivity contribution is -0.0499. The number of hydrogen-bond donors (Lipinski definition) is 4. The molecule has 2 aliphatic heterocycles. The summed E-state index contributed by atoms with van der Waals surface area (Å²) in [6.45, 7) is -0.281. The predicted octanol–water partition coefficient (Wildman–Crippen LogP) is 0.361. The van der Waals surface area contributed by atoms with E-state index in [0.29, 0.717) is 0 Å². The molecule has 2 aliphatic rings. The van der Waals surface area contributed by atoms with Crippen molar-refractivity contribution in [1.82, 2.24) is 0 Å². The predicted molar refractivity (Wildman–Crippen MR) is 63.8 cm³/mol. The Morgan fingerprint density at radius 2 is 2.00 bits per heavy atom. The zero-order valence-corrected chi connectivity index (χ0v) is 9.34. The summed E-state index contributed by atoms with van der Waals surface area (Å²) < 4.78 is 5.69. The summed E-state index contributed by atoms with van der Waals surface area (Å²) >= 11 is 0. The van der Waals surface area contributed by atoms with Crippen LogP contribution in [0.4, 0.5) is 11.4 Å². The minimum atomic E-state index is -0.843. The zero-order valence-electron chi connectivity index (χ0n) is 9.34. The number of nitrogens with one attached hydrogen (secondary N) is 2. The van der Waals surface area contributed by atoms with E-state index >= 15 is 0 Å². The Morgan fingerprint density at radius 3 is 2.71 bits per heavy atom. The van der Waals surface area contributed by atoms with Crippen molar-refractivity contribution in [3.8, 4) is 0 Å². The second kappa shape index (κ2) is 4.18. The number of para-hydroxylation sites is 2. The van der Waals surface area contributed by atoms with Gasteiger partial charge in [0.2, 0.25) is 0 Å². The molecular weight excluding hydrogens is 220 g/mol. The van der Waals surface area contributed by atoms with E-state index in [9.17, 15) is 5.11 Å². The van der Waals surface area contributed by atoms with Crippen LogP contribution in [-0.2, 0) is 4.74 Å². The molecule has 5 nitrogen and oxygen atoms in total. The summed E-state index contributed by atoms with van der Waals surface area (Å²) in [7, 11) is 0. The molecule has 1 saturated heterocycles. The molecular formula is C12H16N2O3. The van der Waals surface area contributed by atoms with Crippen molar-refractivity contribution in [1.29, 1.82) is 0 Å². The van der Waals surface area contributed by atoms with Gasteiger partial charge in [-0.3, -0.25) is 0 Å². The van der Waals surface area contributed by atoms with Gasteiger partial charge < -0.3 is 25.6 Å². The SMILES string of the molecule is OCC(O)[C@H]1O[C@H]2C[C@H]1Nc1ccccc1N2. The third-order valence-electron chi connectivity index (χ3n) is 3.34. The van der Waals surface area contributed by atoms with Crippen molar-refractivity contribution in [2.45, 2.75) is 30.9 Å². The molecule has 0 aromatic heterocycles. The van der Waals surface area contributed by atoms with E-state index in [-0.39, 0.29) is 25.0 Å². The van der Waals surface area contributed by atoms with Gasteiger partial charge in [-0.1, -0.05) is 12.1 Å². The van der Waals surface area contributed by atoms with Crippen molar-refractivity contribution in [3.05, 3.63) is 24.3 Å². The molecule has 1 aromatic rings. The molecule has 4 atom stereocenters. The highest BCUT2D eigenvalue weighted by Crippen LogP contribution is 2.34. The summed E-state index contributed by atoms with van der Waals surface area (Å²) in [6.07, 6.45) is -0.547. The first kappa shape index (κ1) is 10.8. The van der Waals surface area contributed by atoms with Gasteiger partial charge in [0.05, 0.1) is 24.0 Å². The van der Waals surface area contributed by atoms with E-state index < -0.39 is 6.10 Å². The molecule has 4 N–H and O–H groups in total. The number of ether oxygens (including phenoxy) is 1. The van der Waals surface area contributed by atoms with Crippen molar-refractivity contribution in [2.75, 3.05) is 17.2 Å². The molecule has 92 valence electrons. The fourth-order valence-corrected chi connectivity index (χ4v) is 2.51. The normalized spacial score (nSPS) is 32.0. The largest absolute Gasteiger partial charge is 0.394 e. The van der Waals surface area contributed by atoms with Gasteiger partial charge in [-0.2, -0.15) is 0 Å². The smallest absolute Gasteiger partial charge is 0.130 e. The molecule has 17 heavy (non-hydrogen) atoms. The minimum absolute atomic E-state index is 0.0262. The van der Waals surface area contributed by atoms with E-state index in [1.165, 1.54) is 0 Å². The molecule has 0 spiro atoms. The van der Waals surface area contributed by atoms with Crippen LogP contribution in [0.5, 0.6) is 0 Å². The lowest BCUT2D eigenvalue weighted by Crippen LogP contribution is -2.41. The average molecular weight is 236 g/mol. The van der Waals surface area contributed by atoms with Crippen molar-refractivity contribution in [2.24, 2.45) is 0 Å². The van der Waals surface area contributed by atoms with Crippen LogP contribution in [0.15, 0.2) is 24.3 Å². The molecule has 1 unspecified atom stereocenters. The van der Waals surface area contributed by atoms with Crippen LogP contribution < -0.4 is 10.6 Å². The molecule has 1 aromatic carbocycles. The highest BCUT2D eigenvalue weighted by molar-refractivity contribution is 5.70. The van der Waals surface area contributed by atoms with Gasteiger partial charge >= 0.3 is 0 Å². The molecule has 0 amide bonds. The van der Waals surface area contributed by atoms with E-state index in [4.69, 9.17) is 9.84 Å². The molecule has 0 saturated carbocycles. The maximum Gasteiger partial charge on any atom is 0.130 e. The monoisotopic (exact) mass is 236 g/mol. The third-order valence-corrected chi connectivity index (χ3v) is 3.34. The fraction of sp³-hybridized carbons (Fsp3) is 0.500.